The van der Waals surface area contributed by atoms with Gasteiger partial charge in [-0.15, -0.1) is 0 Å². The summed E-state index contributed by atoms with van der Waals surface area (Å²) < 4.78 is 0. The van der Waals surface area contributed by atoms with Crippen LogP contribution in [0.5, 0.6) is 0 Å². The van der Waals surface area contributed by atoms with E-state index in [4.69, 9.17) is 0 Å². The maximum absolute atomic E-state index is 10.9. The first-order chi connectivity index (χ1) is 5.70. The Bertz CT molecular complexity index is 181. The van der Waals surface area contributed by atoms with Gasteiger partial charge in [-0.05, 0) is 56.8 Å². The van der Waals surface area contributed by atoms with Gasteiger partial charge >= 0.3 is 0 Å². The lowest BCUT2D eigenvalue weighted by Gasteiger charge is -2.27. The number of rotatable bonds is 2. The molecule has 0 aromatic heterocycles. The second-order valence-electron chi connectivity index (χ2n) is 4.85. The number of carbonyl (C=O) groups excluding carboxylic acids is 1. The molecular formula is C11H18O. The van der Waals surface area contributed by atoms with E-state index >= 15 is 0 Å². The highest BCUT2D eigenvalue weighted by Gasteiger charge is 2.44. The lowest BCUT2D eigenvalue weighted by molar-refractivity contribution is -0.118. The van der Waals surface area contributed by atoms with Gasteiger partial charge in [0.2, 0.25) is 0 Å². The molecular weight excluding hydrogens is 148 g/mol. The van der Waals surface area contributed by atoms with Gasteiger partial charge < -0.3 is 4.79 Å². The van der Waals surface area contributed by atoms with Gasteiger partial charge in [0.05, 0.1) is 0 Å². The number of Topliss-reactive ketones (excluding diaryl/α,β-unsaturated/α-hetero) is 1. The van der Waals surface area contributed by atoms with Crippen molar-refractivity contribution in [3.63, 3.8) is 0 Å². The topological polar surface area (TPSA) is 17.1 Å². The molecule has 0 aromatic carbocycles. The van der Waals surface area contributed by atoms with Gasteiger partial charge in [-0.3, -0.25) is 0 Å². The van der Waals surface area contributed by atoms with E-state index in [1.807, 2.05) is 0 Å². The van der Waals surface area contributed by atoms with E-state index in [0.29, 0.717) is 5.78 Å². The molecule has 0 bridgehead atoms. The largest absolute Gasteiger partial charge is 0.300 e. The van der Waals surface area contributed by atoms with Crippen molar-refractivity contribution < 1.29 is 4.79 Å². The van der Waals surface area contributed by atoms with Gasteiger partial charge in [0.15, 0.2) is 0 Å². The standard InChI is InChI=1S/C11H18O/c1-9(12)8-10-2-4-11(5-3-10)6-7-11/h10H,2-8H2,1H3. The lowest BCUT2D eigenvalue weighted by Crippen LogP contribution is -2.17. The molecule has 2 rings (SSSR count). The molecule has 0 atom stereocenters. The first-order valence-corrected chi connectivity index (χ1v) is 5.20. The van der Waals surface area contributed by atoms with E-state index in [-0.39, 0.29) is 0 Å². The van der Waals surface area contributed by atoms with Gasteiger partial charge in [-0.1, -0.05) is 0 Å². The summed E-state index contributed by atoms with van der Waals surface area (Å²) in [6, 6.07) is 0. The first-order valence-electron chi connectivity index (χ1n) is 5.20. The Balaban J connectivity index is 1.78. The molecule has 2 saturated carbocycles. The van der Waals surface area contributed by atoms with Gasteiger partial charge in [-0.2, -0.15) is 0 Å². The maximum atomic E-state index is 10.9. The summed E-state index contributed by atoms with van der Waals surface area (Å²) in [7, 11) is 0. The fourth-order valence-corrected chi connectivity index (χ4v) is 2.58. The number of hydrogen-bond acceptors (Lipinski definition) is 1. The summed E-state index contributed by atoms with van der Waals surface area (Å²) >= 11 is 0. The van der Waals surface area contributed by atoms with Crippen LogP contribution in [0, 0.1) is 11.3 Å². The third-order valence-corrected chi connectivity index (χ3v) is 3.70. The fourth-order valence-electron chi connectivity index (χ4n) is 2.58. The molecule has 0 unspecified atom stereocenters. The van der Waals surface area contributed by atoms with E-state index in [0.717, 1.165) is 17.8 Å². The third-order valence-electron chi connectivity index (χ3n) is 3.70. The molecule has 0 aliphatic heterocycles. The summed E-state index contributed by atoms with van der Waals surface area (Å²) in [6.07, 6.45) is 9.24. The van der Waals surface area contributed by atoms with Crippen LogP contribution in [0.25, 0.3) is 0 Å². The number of ketones is 1. The Hall–Kier alpha value is -0.330. The Labute approximate surface area is 74.5 Å². The quantitative estimate of drug-likeness (QED) is 0.616. The van der Waals surface area contributed by atoms with Gasteiger partial charge in [0.25, 0.3) is 0 Å². The minimum atomic E-state index is 0.381. The summed E-state index contributed by atoms with van der Waals surface area (Å²) in [5.74, 6) is 1.11. The molecule has 0 saturated heterocycles. The second kappa shape index (κ2) is 2.86. The molecule has 0 amide bonds. The molecule has 1 heteroatoms. The molecule has 1 spiro atoms. The first kappa shape index (κ1) is 8.28. The zero-order valence-corrected chi connectivity index (χ0v) is 7.94. The minimum Gasteiger partial charge on any atom is -0.300 e. The summed E-state index contributed by atoms with van der Waals surface area (Å²) in [6.45, 7) is 1.72. The summed E-state index contributed by atoms with van der Waals surface area (Å²) in [5, 5.41) is 0. The Morgan fingerprint density at radius 2 is 1.83 bits per heavy atom. The highest BCUT2D eigenvalue weighted by Crippen LogP contribution is 2.57. The molecule has 0 aromatic rings. The van der Waals surface area contributed by atoms with Crippen LogP contribution >= 0.6 is 0 Å². The van der Waals surface area contributed by atoms with Crippen molar-refractivity contribution in [3.05, 3.63) is 0 Å². The zero-order valence-electron chi connectivity index (χ0n) is 7.94. The average molecular weight is 166 g/mol. The molecule has 1 nitrogen and oxygen atoms in total. The SMILES string of the molecule is CC(=O)CC1CCC2(CC1)CC2. The Morgan fingerprint density at radius 1 is 1.25 bits per heavy atom. The van der Waals surface area contributed by atoms with E-state index in [1.54, 1.807) is 6.92 Å². The molecule has 0 N–H and O–H groups in total. The predicted molar refractivity (Wildman–Crippen MR) is 48.9 cm³/mol. The van der Waals surface area contributed by atoms with E-state index in [2.05, 4.69) is 0 Å². The van der Waals surface area contributed by atoms with Crippen LogP contribution in [0.4, 0.5) is 0 Å². The Kier molecular flexibility index (Phi) is 1.97. The van der Waals surface area contributed by atoms with Crippen LogP contribution in [-0.4, -0.2) is 5.78 Å². The van der Waals surface area contributed by atoms with Crippen LogP contribution in [0.15, 0.2) is 0 Å². The fraction of sp³-hybridized carbons (Fsp3) is 0.909. The molecule has 2 aliphatic rings. The van der Waals surface area contributed by atoms with E-state index in [1.165, 1.54) is 38.5 Å². The predicted octanol–water partition coefficient (Wildman–Crippen LogP) is 2.94. The molecule has 12 heavy (non-hydrogen) atoms. The minimum absolute atomic E-state index is 0.381. The molecule has 2 fully saturated rings. The van der Waals surface area contributed by atoms with Gasteiger partial charge in [-0.25, -0.2) is 0 Å². The highest BCUT2D eigenvalue weighted by atomic mass is 16.1. The highest BCUT2D eigenvalue weighted by molar-refractivity contribution is 5.75. The van der Waals surface area contributed by atoms with Crippen LogP contribution in [-0.2, 0) is 4.79 Å². The summed E-state index contributed by atoms with van der Waals surface area (Å²) in [4.78, 5) is 10.9. The third kappa shape index (κ3) is 1.70. The number of hydrogen-bond donors (Lipinski definition) is 0. The second-order valence-corrected chi connectivity index (χ2v) is 4.85. The summed E-state index contributed by atoms with van der Waals surface area (Å²) in [5.41, 5.74) is 0.785. The normalized spacial score (nSPS) is 27.4. The molecule has 0 radical (unpaired) electrons. The smallest absolute Gasteiger partial charge is 0.130 e. The van der Waals surface area contributed by atoms with E-state index < -0.39 is 0 Å². The molecule has 68 valence electrons. The van der Waals surface area contributed by atoms with Crippen LogP contribution in [0.1, 0.15) is 51.9 Å². The number of carbonyl (C=O) groups is 1. The van der Waals surface area contributed by atoms with Gasteiger partial charge in [0.1, 0.15) is 5.78 Å². The van der Waals surface area contributed by atoms with Crippen molar-refractivity contribution in [3.8, 4) is 0 Å². The zero-order chi connectivity index (χ0) is 8.60. The van der Waals surface area contributed by atoms with Crippen LogP contribution in [0.2, 0.25) is 0 Å². The lowest BCUT2D eigenvalue weighted by atomic mass is 9.78. The molecule has 2 aliphatic carbocycles. The van der Waals surface area contributed by atoms with Crippen LogP contribution in [0.3, 0.4) is 0 Å². The van der Waals surface area contributed by atoms with Crippen molar-refractivity contribution in [1.82, 2.24) is 0 Å². The average Bonchev–Trinajstić information content (AvgIpc) is 2.75. The van der Waals surface area contributed by atoms with E-state index in [9.17, 15) is 4.79 Å². The molecule has 0 heterocycles. The van der Waals surface area contributed by atoms with Crippen molar-refractivity contribution in [2.75, 3.05) is 0 Å². The monoisotopic (exact) mass is 166 g/mol. The Morgan fingerprint density at radius 3 is 2.25 bits per heavy atom. The van der Waals surface area contributed by atoms with Crippen molar-refractivity contribution in [2.45, 2.75) is 51.9 Å². The van der Waals surface area contributed by atoms with Crippen molar-refractivity contribution >= 4 is 5.78 Å². The van der Waals surface area contributed by atoms with Crippen molar-refractivity contribution in [2.24, 2.45) is 11.3 Å². The van der Waals surface area contributed by atoms with Gasteiger partial charge in [0, 0.05) is 6.42 Å². The maximum Gasteiger partial charge on any atom is 0.130 e. The van der Waals surface area contributed by atoms with Crippen molar-refractivity contribution in [1.29, 1.82) is 0 Å². The van der Waals surface area contributed by atoms with Crippen LogP contribution < -0.4 is 0 Å².